The first kappa shape index (κ1) is 17.1. The first-order valence-corrected chi connectivity index (χ1v) is 9.64. The largest absolute Gasteiger partial charge is 0.293 e. The van der Waals surface area contributed by atoms with Crippen molar-refractivity contribution in [2.75, 3.05) is 5.75 Å². The first-order chi connectivity index (χ1) is 11.4. The van der Waals surface area contributed by atoms with Gasteiger partial charge in [-0.3, -0.25) is 4.79 Å². The van der Waals surface area contributed by atoms with Gasteiger partial charge in [0.05, 0.1) is 5.75 Å². The predicted molar refractivity (Wildman–Crippen MR) is 103 cm³/mol. The number of benzene rings is 1. The topological polar surface area (TPSA) is 42.9 Å². The van der Waals surface area contributed by atoms with Crippen LogP contribution in [0.4, 0.5) is 0 Å². The van der Waals surface area contributed by atoms with Gasteiger partial charge in [0.2, 0.25) is 0 Å². The van der Waals surface area contributed by atoms with Crippen molar-refractivity contribution in [1.82, 2.24) is 9.97 Å². The van der Waals surface area contributed by atoms with E-state index in [9.17, 15) is 4.79 Å². The van der Waals surface area contributed by atoms with E-state index in [2.05, 4.69) is 29.9 Å². The zero-order chi connectivity index (χ0) is 17.4. The van der Waals surface area contributed by atoms with Crippen LogP contribution in [0.1, 0.15) is 37.7 Å². The standard InChI is InChI=1S/C19H20N2OS2/c1-10-6-7-15(11(2)8-10)16(22)9-23-18-17-12(3)13(4)24-19(17)21-14(5)20-18/h6-8H,9H2,1-5H3. The number of aryl methyl sites for hydroxylation is 5. The molecule has 0 unspecified atom stereocenters. The second-order valence-electron chi connectivity index (χ2n) is 6.07. The maximum Gasteiger partial charge on any atom is 0.173 e. The highest BCUT2D eigenvalue weighted by molar-refractivity contribution is 8.00. The van der Waals surface area contributed by atoms with Gasteiger partial charge in [-0.25, -0.2) is 9.97 Å². The summed E-state index contributed by atoms with van der Waals surface area (Å²) < 4.78 is 0. The van der Waals surface area contributed by atoms with Gasteiger partial charge in [-0.1, -0.05) is 35.5 Å². The number of hydrogen-bond donors (Lipinski definition) is 0. The SMILES string of the molecule is Cc1ccc(C(=O)CSc2nc(C)nc3sc(C)c(C)c23)c(C)c1. The van der Waals surface area contributed by atoms with Crippen LogP contribution in [-0.4, -0.2) is 21.5 Å². The molecule has 2 heterocycles. The Bertz CT molecular complexity index is 944. The molecule has 0 bridgehead atoms. The van der Waals surface area contributed by atoms with E-state index in [1.807, 2.05) is 32.9 Å². The molecular weight excluding hydrogens is 336 g/mol. The van der Waals surface area contributed by atoms with Crippen LogP contribution in [0.3, 0.4) is 0 Å². The lowest BCUT2D eigenvalue weighted by atomic mass is 10.0. The van der Waals surface area contributed by atoms with Gasteiger partial charge in [0.25, 0.3) is 0 Å². The van der Waals surface area contributed by atoms with Crippen LogP contribution in [-0.2, 0) is 0 Å². The molecule has 0 amide bonds. The third-order valence-electron chi connectivity index (χ3n) is 4.13. The molecule has 0 aliphatic rings. The van der Waals surface area contributed by atoms with E-state index in [1.54, 1.807) is 11.3 Å². The van der Waals surface area contributed by atoms with Crippen LogP contribution in [0.5, 0.6) is 0 Å². The van der Waals surface area contributed by atoms with Gasteiger partial charge in [0.15, 0.2) is 5.78 Å². The lowest BCUT2D eigenvalue weighted by Crippen LogP contribution is -2.05. The van der Waals surface area contributed by atoms with E-state index in [0.29, 0.717) is 5.75 Å². The number of nitrogens with zero attached hydrogens (tertiary/aromatic N) is 2. The molecule has 1 aromatic carbocycles. The van der Waals surface area contributed by atoms with Crippen molar-refractivity contribution in [2.24, 2.45) is 0 Å². The summed E-state index contributed by atoms with van der Waals surface area (Å²) in [5, 5.41) is 2.01. The number of thiophene rings is 1. The fraction of sp³-hybridized carbons (Fsp3) is 0.316. The van der Waals surface area contributed by atoms with Crippen molar-refractivity contribution in [1.29, 1.82) is 0 Å². The van der Waals surface area contributed by atoms with Gasteiger partial charge in [-0.05, 0) is 45.7 Å². The molecule has 3 aromatic rings. The molecule has 0 aliphatic carbocycles. The minimum Gasteiger partial charge on any atom is -0.293 e. The molecule has 0 atom stereocenters. The Hall–Kier alpha value is -1.72. The molecular formula is C19H20N2OS2. The molecule has 0 N–H and O–H groups in total. The number of carbonyl (C=O) groups excluding carboxylic acids is 1. The highest BCUT2D eigenvalue weighted by Crippen LogP contribution is 2.35. The van der Waals surface area contributed by atoms with Gasteiger partial charge in [0.1, 0.15) is 15.7 Å². The number of carbonyl (C=O) groups is 1. The van der Waals surface area contributed by atoms with E-state index in [4.69, 9.17) is 0 Å². The maximum atomic E-state index is 12.6. The molecule has 2 aromatic heterocycles. The van der Waals surface area contributed by atoms with Crippen LogP contribution in [0, 0.1) is 34.6 Å². The van der Waals surface area contributed by atoms with Gasteiger partial charge >= 0.3 is 0 Å². The first-order valence-electron chi connectivity index (χ1n) is 7.84. The Labute approximate surface area is 150 Å². The summed E-state index contributed by atoms with van der Waals surface area (Å²) in [7, 11) is 0. The van der Waals surface area contributed by atoms with Crippen LogP contribution in [0.15, 0.2) is 23.2 Å². The number of thioether (sulfide) groups is 1. The number of hydrogen-bond acceptors (Lipinski definition) is 5. The second kappa shape index (κ2) is 6.65. The van der Waals surface area contributed by atoms with E-state index < -0.39 is 0 Å². The molecule has 0 aliphatic heterocycles. The van der Waals surface area contributed by atoms with Gasteiger partial charge in [0, 0.05) is 15.8 Å². The normalized spacial score (nSPS) is 11.2. The molecule has 0 saturated heterocycles. The zero-order valence-corrected chi connectivity index (χ0v) is 16.2. The monoisotopic (exact) mass is 356 g/mol. The van der Waals surface area contributed by atoms with Crippen LogP contribution in [0.2, 0.25) is 0 Å². The predicted octanol–water partition coefficient (Wildman–Crippen LogP) is 5.21. The molecule has 0 saturated carbocycles. The molecule has 5 heteroatoms. The minimum atomic E-state index is 0.145. The van der Waals surface area contributed by atoms with Crippen molar-refractivity contribution in [3.05, 3.63) is 51.2 Å². The Morgan fingerprint density at radius 2 is 1.88 bits per heavy atom. The summed E-state index contributed by atoms with van der Waals surface area (Å²) in [6, 6.07) is 5.97. The minimum absolute atomic E-state index is 0.145. The fourth-order valence-electron chi connectivity index (χ4n) is 2.76. The van der Waals surface area contributed by atoms with Crippen molar-refractivity contribution >= 4 is 39.1 Å². The van der Waals surface area contributed by atoms with Crippen molar-refractivity contribution < 1.29 is 4.79 Å². The lowest BCUT2D eigenvalue weighted by molar-refractivity contribution is 0.102. The van der Waals surface area contributed by atoms with Crippen LogP contribution in [0.25, 0.3) is 10.2 Å². The summed E-state index contributed by atoms with van der Waals surface area (Å²) in [5.41, 5.74) is 4.23. The quantitative estimate of drug-likeness (QED) is 0.366. The third-order valence-corrected chi connectivity index (χ3v) is 6.21. The summed E-state index contributed by atoms with van der Waals surface area (Å²) in [5.74, 6) is 1.29. The van der Waals surface area contributed by atoms with Crippen molar-refractivity contribution in [2.45, 2.75) is 39.6 Å². The highest BCUT2D eigenvalue weighted by atomic mass is 32.2. The third kappa shape index (κ3) is 3.23. The Kier molecular flexibility index (Phi) is 4.74. The summed E-state index contributed by atoms with van der Waals surface area (Å²) >= 11 is 3.21. The highest BCUT2D eigenvalue weighted by Gasteiger charge is 2.16. The molecule has 124 valence electrons. The molecule has 24 heavy (non-hydrogen) atoms. The Balaban J connectivity index is 1.89. The van der Waals surface area contributed by atoms with Crippen molar-refractivity contribution in [3.63, 3.8) is 0 Å². The molecule has 0 radical (unpaired) electrons. The van der Waals surface area contributed by atoms with Crippen LogP contribution >= 0.6 is 23.1 Å². The fourth-order valence-corrected chi connectivity index (χ4v) is 4.91. The van der Waals surface area contributed by atoms with Gasteiger partial charge < -0.3 is 0 Å². The Morgan fingerprint density at radius 1 is 1.12 bits per heavy atom. The second-order valence-corrected chi connectivity index (χ2v) is 8.24. The van der Waals surface area contributed by atoms with Gasteiger partial charge in [-0.15, -0.1) is 11.3 Å². The maximum absolute atomic E-state index is 12.6. The van der Waals surface area contributed by atoms with E-state index in [1.165, 1.54) is 27.8 Å². The molecule has 3 nitrogen and oxygen atoms in total. The average Bonchev–Trinajstić information content (AvgIpc) is 2.79. The molecule has 3 rings (SSSR count). The van der Waals surface area contributed by atoms with Crippen LogP contribution < -0.4 is 0 Å². The van der Waals surface area contributed by atoms with E-state index in [-0.39, 0.29) is 5.78 Å². The summed E-state index contributed by atoms with van der Waals surface area (Å²) in [6.07, 6.45) is 0. The number of rotatable bonds is 4. The molecule has 0 spiro atoms. The summed E-state index contributed by atoms with van der Waals surface area (Å²) in [6.45, 7) is 10.1. The summed E-state index contributed by atoms with van der Waals surface area (Å²) in [4.78, 5) is 24.0. The van der Waals surface area contributed by atoms with Gasteiger partial charge in [-0.2, -0.15) is 0 Å². The number of aromatic nitrogens is 2. The smallest absolute Gasteiger partial charge is 0.173 e. The average molecular weight is 357 g/mol. The zero-order valence-electron chi connectivity index (χ0n) is 14.6. The van der Waals surface area contributed by atoms with E-state index >= 15 is 0 Å². The number of fused-ring (bicyclic) bond motifs is 1. The molecule has 0 fully saturated rings. The number of Topliss-reactive ketones (excluding diaryl/α,β-unsaturated/α-hetero) is 1. The van der Waals surface area contributed by atoms with E-state index in [0.717, 1.165) is 32.2 Å². The lowest BCUT2D eigenvalue weighted by Gasteiger charge is -2.07. The van der Waals surface area contributed by atoms with Crippen molar-refractivity contribution in [3.8, 4) is 0 Å². The number of ketones is 1. The Morgan fingerprint density at radius 3 is 2.58 bits per heavy atom.